The number of nitrogens with zero attached hydrogens (tertiary/aromatic N) is 1. The van der Waals surface area contributed by atoms with Crippen molar-refractivity contribution >= 4 is 17.9 Å². The Balaban J connectivity index is 2.36. The van der Waals surface area contributed by atoms with Crippen molar-refractivity contribution in [1.82, 2.24) is 0 Å². The molecule has 0 amide bonds. The second kappa shape index (κ2) is 6.15. The van der Waals surface area contributed by atoms with Gasteiger partial charge in [-0.2, -0.15) is 0 Å². The maximum absolute atomic E-state index is 10.9. The Labute approximate surface area is 118 Å². The van der Waals surface area contributed by atoms with E-state index in [1.165, 1.54) is 0 Å². The Morgan fingerprint density at radius 1 is 1.15 bits per heavy atom. The SMILES string of the molecule is CC=Nc1ccccc1C(C)c1ccc(C(=O)O)cc1. The molecule has 0 aliphatic heterocycles. The molecule has 1 atom stereocenters. The smallest absolute Gasteiger partial charge is 0.335 e. The summed E-state index contributed by atoms with van der Waals surface area (Å²) in [6.45, 7) is 3.99. The van der Waals surface area contributed by atoms with Crippen molar-refractivity contribution in [3.63, 3.8) is 0 Å². The number of carboxylic acid groups (broad SMARTS) is 1. The average Bonchev–Trinajstić information content (AvgIpc) is 2.47. The summed E-state index contributed by atoms with van der Waals surface area (Å²) in [7, 11) is 0. The molecule has 0 saturated heterocycles. The Morgan fingerprint density at radius 3 is 2.40 bits per heavy atom. The molecule has 0 spiro atoms. The minimum absolute atomic E-state index is 0.165. The van der Waals surface area contributed by atoms with Gasteiger partial charge >= 0.3 is 5.97 Å². The fourth-order valence-corrected chi connectivity index (χ4v) is 2.20. The number of aromatic carboxylic acids is 1. The monoisotopic (exact) mass is 267 g/mol. The van der Waals surface area contributed by atoms with Crippen LogP contribution in [0.5, 0.6) is 0 Å². The summed E-state index contributed by atoms with van der Waals surface area (Å²) in [5.74, 6) is -0.738. The van der Waals surface area contributed by atoms with E-state index in [1.54, 1.807) is 18.3 Å². The topological polar surface area (TPSA) is 49.7 Å². The number of benzene rings is 2. The Bertz CT molecular complexity index is 630. The second-order valence-electron chi connectivity index (χ2n) is 4.59. The maximum atomic E-state index is 10.9. The molecule has 1 N–H and O–H groups in total. The lowest BCUT2D eigenvalue weighted by Crippen LogP contribution is -1.99. The number of para-hydroxylation sites is 1. The molecule has 3 heteroatoms. The van der Waals surface area contributed by atoms with Gasteiger partial charge in [0.2, 0.25) is 0 Å². The van der Waals surface area contributed by atoms with Gasteiger partial charge in [0.25, 0.3) is 0 Å². The summed E-state index contributed by atoms with van der Waals surface area (Å²) in [6.07, 6.45) is 1.78. The molecule has 0 saturated carbocycles. The second-order valence-corrected chi connectivity index (χ2v) is 4.59. The van der Waals surface area contributed by atoms with Gasteiger partial charge in [-0.15, -0.1) is 0 Å². The number of carboxylic acids is 1. The molecule has 2 aromatic rings. The van der Waals surface area contributed by atoms with Crippen LogP contribution >= 0.6 is 0 Å². The highest BCUT2D eigenvalue weighted by Gasteiger charge is 2.12. The molecule has 20 heavy (non-hydrogen) atoms. The highest BCUT2D eigenvalue weighted by atomic mass is 16.4. The first kappa shape index (κ1) is 14.0. The number of hydrogen-bond acceptors (Lipinski definition) is 2. The molecule has 2 rings (SSSR count). The van der Waals surface area contributed by atoms with Crippen LogP contribution in [0.15, 0.2) is 53.5 Å². The summed E-state index contributed by atoms with van der Waals surface area (Å²) < 4.78 is 0. The molecule has 0 fully saturated rings. The van der Waals surface area contributed by atoms with Crippen molar-refractivity contribution in [3.8, 4) is 0 Å². The van der Waals surface area contributed by atoms with Crippen molar-refractivity contribution in [2.45, 2.75) is 19.8 Å². The van der Waals surface area contributed by atoms with Crippen LogP contribution in [-0.2, 0) is 0 Å². The molecule has 0 aliphatic carbocycles. The number of carbonyl (C=O) groups is 1. The molecule has 0 aliphatic rings. The van der Waals surface area contributed by atoms with Gasteiger partial charge in [0, 0.05) is 12.1 Å². The standard InChI is InChI=1S/C17H17NO2/c1-3-18-16-7-5-4-6-15(16)12(2)13-8-10-14(11-9-13)17(19)20/h3-12H,1-2H3,(H,19,20). The van der Waals surface area contributed by atoms with E-state index in [9.17, 15) is 4.79 Å². The number of rotatable bonds is 4. The van der Waals surface area contributed by atoms with Gasteiger partial charge in [-0.3, -0.25) is 4.99 Å². The summed E-state index contributed by atoms with van der Waals surface area (Å²) in [5, 5.41) is 8.93. The van der Waals surface area contributed by atoms with E-state index in [2.05, 4.69) is 18.0 Å². The van der Waals surface area contributed by atoms with Crippen LogP contribution in [0.1, 0.15) is 41.3 Å². The predicted octanol–water partition coefficient (Wildman–Crippen LogP) is 4.26. The van der Waals surface area contributed by atoms with E-state index in [0.717, 1.165) is 16.8 Å². The Hall–Kier alpha value is -2.42. The summed E-state index contributed by atoms with van der Waals surface area (Å²) >= 11 is 0. The van der Waals surface area contributed by atoms with Crippen molar-refractivity contribution in [2.75, 3.05) is 0 Å². The molecular weight excluding hydrogens is 250 g/mol. The van der Waals surface area contributed by atoms with Crippen molar-refractivity contribution < 1.29 is 9.90 Å². The van der Waals surface area contributed by atoms with Crippen LogP contribution in [0.3, 0.4) is 0 Å². The van der Waals surface area contributed by atoms with E-state index in [0.29, 0.717) is 5.56 Å². The maximum Gasteiger partial charge on any atom is 0.335 e. The first-order chi connectivity index (χ1) is 9.63. The van der Waals surface area contributed by atoms with Gasteiger partial charge in [-0.1, -0.05) is 37.3 Å². The highest BCUT2D eigenvalue weighted by molar-refractivity contribution is 5.87. The van der Waals surface area contributed by atoms with Crippen LogP contribution in [0.4, 0.5) is 5.69 Å². The van der Waals surface area contributed by atoms with E-state index < -0.39 is 5.97 Å². The number of aliphatic imine (C=N–C) groups is 1. The van der Waals surface area contributed by atoms with Crippen LogP contribution in [0, 0.1) is 0 Å². The lowest BCUT2D eigenvalue weighted by atomic mass is 9.91. The highest BCUT2D eigenvalue weighted by Crippen LogP contribution is 2.31. The number of hydrogen-bond donors (Lipinski definition) is 1. The van der Waals surface area contributed by atoms with Crippen LogP contribution in [-0.4, -0.2) is 17.3 Å². The van der Waals surface area contributed by atoms with Crippen molar-refractivity contribution in [3.05, 3.63) is 65.2 Å². The molecule has 0 bridgehead atoms. The van der Waals surface area contributed by atoms with Gasteiger partial charge in [-0.05, 0) is 36.2 Å². The van der Waals surface area contributed by atoms with Gasteiger partial charge in [0.15, 0.2) is 0 Å². The molecule has 2 aromatic carbocycles. The van der Waals surface area contributed by atoms with E-state index in [1.807, 2.05) is 37.3 Å². The van der Waals surface area contributed by atoms with Crippen molar-refractivity contribution in [2.24, 2.45) is 4.99 Å². The molecule has 3 nitrogen and oxygen atoms in total. The summed E-state index contributed by atoms with van der Waals surface area (Å²) in [6, 6.07) is 15.0. The Kier molecular flexibility index (Phi) is 4.31. The van der Waals surface area contributed by atoms with E-state index >= 15 is 0 Å². The first-order valence-electron chi connectivity index (χ1n) is 6.54. The van der Waals surface area contributed by atoms with Gasteiger partial charge < -0.3 is 5.11 Å². The van der Waals surface area contributed by atoms with Gasteiger partial charge in [-0.25, -0.2) is 4.79 Å². The fourth-order valence-electron chi connectivity index (χ4n) is 2.20. The zero-order chi connectivity index (χ0) is 14.5. The summed E-state index contributed by atoms with van der Waals surface area (Å²) in [4.78, 5) is 15.3. The Morgan fingerprint density at radius 2 is 1.80 bits per heavy atom. The molecule has 0 aromatic heterocycles. The molecule has 0 radical (unpaired) electrons. The average molecular weight is 267 g/mol. The lowest BCUT2D eigenvalue weighted by Gasteiger charge is -2.15. The van der Waals surface area contributed by atoms with Gasteiger partial charge in [0.05, 0.1) is 11.3 Å². The summed E-state index contributed by atoms with van der Waals surface area (Å²) in [5.41, 5.74) is 3.47. The lowest BCUT2D eigenvalue weighted by molar-refractivity contribution is 0.0697. The minimum Gasteiger partial charge on any atom is -0.478 e. The molecule has 0 heterocycles. The van der Waals surface area contributed by atoms with E-state index in [-0.39, 0.29) is 5.92 Å². The molecule has 1 unspecified atom stereocenters. The first-order valence-corrected chi connectivity index (χ1v) is 6.54. The molecule has 102 valence electrons. The van der Waals surface area contributed by atoms with Crippen LogP contribution < -0.4 is 0 Å². The quantitative estimate of drug-likeness (QED) is 0.841. The molecular formula is C17H17NO2. The normalized spacial score (nSPS) is 12.5. The minimum atomic E-state index is -0.903. The third-order valence-corrected chi connectivity index (χ3v) is 3.33. The third-order valence-electron chi connectivity index (χ3n) is 3.33. The third kappa shape index (κ3) is 2.94. The zero-order valence-electron chi connectivity index (χ0n) is 11.6. The van der Waals surface area contributed by atoms with Gasteiger partial charge in [0.1, 0.15) is 0 Å². The van der Waals surface area contributed by atoms with E-state index in [4.69, 9.17) is 5.11 Å². The van der Waals surface area contributed by atoms with Crippen LogP contribution in [0.2, 0.25) is 0 Å². The largest absolute Gasteiger partial charge is 0.478 e. The predicted molar refractivity (Wildman–Crippen MR) is 81.2 cm³/mol. The fraction of sp³-hybridized carbons (Fsp3) is 0.176. The zero-order valence-corrected chi connectivity index (χ0v) is 11.6. The van der Waals surface area contributed by atoms with Crippen molar-refractivity contribution in [1.29, 1.82) is 0 Å². The van der Waals surface area contributed by atoms with Crippen LogP contribution in [0.25, 0.3) is 0 Å².